The van der Waals surface area contributed by atoms with Crippen LogP contribution in [0.3, 0.4) is 0 Å². The minimum Gasteiger partial charge on any atom is -0.467 e. The Morgan fingerprint density at radius 3 is 2.73 bits per heavy atom. The van der Waals surface area contributed by atoms with Gasteiger partial charge in [-0.25, -0.2) is 0 Å². The zero-order valence-electron chi connectivity index (χ0n) is 14.0. The van der Waals surface area contributed by atoms with Gasteiger partial charge in [-0.3, -0.25) is 9.48 Å². The highest BCUT2D eigenvalue weighted by molar-refractivity contribution is 7.13. The lowest BCUT2D eigenvalue weighted by atomic mass is 10.2. The topological polar surface area (TPSA) is 60.1 Å². The summed E-state index contributed by atoms with van der Waals surface area (Å²) in [6, 6.07) is 17.6. The number of carbonyl (C=O) groups excluding carboxylic acids is 1. The number of amides is 1. The number of carbonyl (C=O) groups is 1. The zero-order chi connectivity index (χ0) is 17.8. The fourth-order valence-corrected chi connectivity index (χ4v) is 3.43. The number of nitrogens with zero attached hydrogens (tertiary/aromatic N) is 2. The molecule has 0 bridgehead atoms. The van der Waals surface area contributed by atoms with Crippen LogP contribution in [-0.2, 0) is 13.1 Å². The fraction of sp³-hybridized carbons (Fsp3) is 0.100. The van der Waals surface area contributed by atoms with Crippen LogP contribution >= 0.6 is 11.3 Å². The number of furan rings is 1. The molecular weight excluding hydrogens is 346 g/mol. The number of rotatable bonds is 6. The van der Waals surface area contributed by atoms with Crippen LogP contribution in [0.1, 0.15) is 21.7 Å². The van der Waals surface area contributed by atoms with Crippen LogP contribution in [0, 0.1) is 0 Å². The Hall–Kier alpha value is -3.12. The molecular formula is C20H17N3O2S. The first kappa shape index (κ1) is 16.4. The van der Waals surface area contributed by atoms with Gasteiger partial charge in [0.15, 0.2) is 0 Å². The van der Waals surface area contributed by atoms with E-state index >= 15 is 0 Å². The van der Waals surface area contributed by atoms with Crippen molar-refractivity contribution in [2.75, 3.05) is 0 Å². The minimum atomic E-state index is -0.163. The maximum absolute atomic E-state index is 12.7. The molecule has 5 nitrogen and oxygen atoms in total. The van der Waals surface area contributed by atoms with Crippen molar-refractivity contribution in [1.82, 2.24) is 15.1 Å². The largest absolute Gasteiger partial charge is 0.467 e. The van der Waals surface area contributed by atoms with Gasteiger partial charge in [0, 0.05) is 6.20 Å². The summed E-state index contributed by atoms with van der Waals surface area (Å²) in [5.74, 6) is 0.553. The smallest absolute Gasteiger partial charge is 0.255 e. The molecule has 0 aliphatic heterocycles. The SMILES string of the molecule is O=C(NCc1ccco1)c1cn(Cc2ccccc2)nc1-c1cccs1. The standard InChI is InChI=1S/C20H17N3O2S/c24-20(21-12-16-8-4-10-25-16)17-14-23(13-15-6-2-1-3-7-15)22-19(17)18-9-5-11-26-18/h1-11,14H,12-13H2,(H,21,24). The third-order valence-electron chi connectivity index (χ3n) is 3.95. The first-order chi connectivity index (χ1) is 12.8. The van der Waals surface area contributed by atoms with Gasteiger partial charge >= 0.3 is 0 Å². The van der Waals surface area contributed by atoms with Gasteiger partial charge in [-0.15, -0.1) is 11.3 Å². The third kappa shape index (κ3) is 3.60. The first-order valence-electron chi connectivity index (χ1n) is 8.25. The van der Waals surface area contributed by atoms with Gasteiger partial charge in [0.1, 0.15) is 11.5 Å². The van der Waals surface area contributed by atoms with E-state index in [0.717, 1.165) is 10.4 Å². The molecule has 0 saturated heterocycles. The number of benzene rings is 1. The van der Waals surface area contributed by atoms with Crippen molar-refractivity contribution in [1.29, 1.82) is 0 Å². The molecule has 0 fully saturated rings. The summed E-state index contributed by atoms with van der Waals surface area (Å²) in [7, 11) is 0. The van der Waals surface area contributed by atoms with E-state index in [4.69, 9.17) is 4.42 Å². The van der Waals surface area contributed by atoms with Crippen LogP contribution in [-0.4, -0.2) is 15.7 Å². The molecule has 0 radical (unpaired) electrons. The van der Waals surface area contributed by atoms with Crippen molar-refractivity contribution < 1.29 is 9.21 Å². The van der Waals surface area contributed by atoms with Crippen molar-refractivity contribution in [3.8, 4) is 10.6 Å². The molecule has 6 heteroatoms. The summed E-state index contributed by atoms with van der Waals surface area (Å²) >= 11 is 1.57. The molecule has 3 heterocycles. The lowest BCUT2D eigenvalue weighted by molar-refractivity contribution is 0.0948. The van der Waals surface area contributed by atoms with E-state index in [1.165, 1.54) is 0 Å². The molecule has 0 aliphatic carbocycles. The van der Waals surface area contributed by atoms with E-state index < -0.39 is 0 Å². The van der Waals surface area contributed by atoms with Crippen molar-refractivity contribution in [2.45, 2.75) is 13.1 Å². The molecule has 1 aromatic carbocycles. The third-order valence-corrected chi connectivity index (χ3v) is 4.83. The van der Waals surface area contributed by atoms with E-state index in [1.807, 2.05) is 58.6 Å². The molecule has 26 heavy (non-hydrogen) atoms. The molecule has 0 saturated carbocycles. The highest BCUT2D eigenvalue weighted by Crippen LogP contribution is 2.27. The monoisotopic (exact) mass is 363 g/mol. The Balaban J connectivity index is 1.60. The van der Waals surface area contributed by atoms with Crippen LogP contribution in [0.15, 0.2) is 76.9 Å². The highest BCUT2D eigenvalue weighted by atomic mass is 32.1. The molecule has 0 unspecified atom stereocenters. The van der Waals surface area contributed by atoms with Gasteiger partial charge in [0.25, 0.3) is 5.91 Å². The zero-order valence-corrected chi connectivity index (χ0v) is 14.8. The molecule has 0 aliphatic rings. The summed E-state index contributed by atoms with van der Waals surface area (Å²) < 4.78 is 7.08. The Kier molecular flexibility index (Phi) is 4.66. The summed E-state index contributed by atoms with van der Waals surface area (Å²) in [6.45, 7) is 0.963. The first-order valence-corrected chi connectivity index (χ1v) is 9.13. The van der Waals surface area contributed by atoms with E-state index in [2.05, 4.69) is 10.4 Å². The summed E-state index contributed by atoms with van der Waals surface area (Å²) in [6.07, 6.45) is 3.40. The average Bonchev–Trinajstić information content (AvgIpc) is 3.41. The van der Waals surface area contributed by atoms with Gasteiger partial charge in [-0.1, -0.05) is 36.4 Å². The van der Waals surface area contributed by atoms with Crippen LogP contribution in [0.5, 0.6) is 0 Å². The molecule has 130 valence electrons. The van der Waals surface area contributed by atoms with Crippen molar-refractivity contribution in [2.24, 2.45) is 0 Å². The average molecular weight is 363 g/mol. The van der Waals surface area contributed by atoms with Gasteiger partial charge < -0.3 is 9.73 Å². The molecule has 4 aromatic rings. The van der Waals surface area contributed by atoms with Crippen LogP contribution in [0.25, 0.3) is 10.6 Å². The lowest BCUT2D eigenvalue weighted by Gasteiger charge is -2.02. The Labute approximate surface area is 154 Å². The number of hydrogen-bond acceptors (Lipinski definition) is 4. The van der Waals surface area contributed by atoms with Crippen molar-refractivity contribution >= 4 is 17.2 Å². The Bertz CT molecular complexity index is 974. The van der Waals surface area contributed by atoms with Gasteiger partial charge in [0.2, 0.25) is 0 Å². The summed E-state index contributed by atoms with van der Waals surface area (Å²) in [5.41, 5.74) is 2.40. The Morgan fingerprint density at radius 2 is 2.00 bits per heavy atom. The fourth-order valence-electron chi connectivity index (χ4n) is 2.71. The van der Waals surface area contributed by atoms with E-state index in [9.17, 15) is 4.79 Å². The number of hydrogen-bond donors (Lipinski definition) is 1. The second kappa shape index (κ2) is 7.41. The van der Waals surface area contributed by atoms with Gasteiger partial charge in [0.05, 0.1) is 29.8 Å². The second-order valence-corrected chi connectivity index (χ2v) is 6.76. The van der Waals surface area contributed by atoms with Crippen LogP contribution < -0.4 is 5.32 Å². The second-order valence-electron chi connectivity index (χ2n) is 5.81. The summed E-state index contributed by atoms with van der Waals surface area (Å²) in [4.78, 5) is 13.7. The van der Waals surface area contributed by atoms with Gasteiger partial charge in [-0.2, -0.15) is 5.10 Å². The minimum absolute atomic E-state index is 0.163. The number of nitrogens with one attached hydrogen (secondary N) is 1. The molecule has 1 amide bonds. The van der Waals surface area contributed by atoms with E-state index in [0.29, 0.717) is 30.1 Å². The van der Waals surface area contributed by atoms with E-state index in [-0.39, 0.29) is 5.91 Å². The quantitative estimate of drug-likeness (QED) is 0.559. The molecule has 0 spiro atoms. The normalized spacial score (nSPS) is 10.8. The predicted octanol–water partition coefficient (Wildman–Crippen LogP) is 4.18. The van der Waals surface area contributed by atoms with Crippen LogP contribution in [0.4, 0.5) is 0 Å². The molecule has 1 N–H and O–H groups in total. The van der Waals surface area contributed by atoms with Crippen molar-refractivity contribution in [3.63, 3.8) is 0 Å². The van der Waals surface area contributed by atoms with Crippen molar-refractivity contribution in [3.05, 3.63) is 89.3 Å². The van der Waals surface area contributed by atoms with E-state index in [1.54, 1.807) is 29.9 Å². The number of thiophene rings is 1. The molecule has 3 aromatic heterocycles. The number of aromatic nitrogens is 2. The molecule has 0 atom stereocenters. The summed E-state index contributed by atoms with van der Waals surface area (Å²) in [5, 5.41) is 9.54. The van der Waals surface area contributed by atoms with Gasteiger partial charge in [-0.05, 0) is 29.1 Å². The van der Waals surface area contributed by atoms with Crippen LogP contribution in [0.2, 0.25) is 0 Å². The predicted molar refractivity (Wildman–Crippen MR) is 101 cm³/mol. The Morgan fingerprint density at radius 1 is 1.12 bits per heavy atom. The highest BCUT2D eigenvalue weighted by Gasteiger charge is 2.19. The maximum Gasteiger partial charge on any atom is 0.255 e. The lowest BCUT2D eigenvalue weighted by Crippen LogP contribution is -2.22. The maximum atomic E-state index is 12.7. The molecule has 4 rings (SSSR count).